The first-order valence-electron chi connectivity index (χ1n) is 8.69. The fraction of sp³-hybridized carbons (Fsp3) is 0.611. The maximum absolute atomic E-state index is 12.9. The SMILES string of the molecule is CCc1ccc(C(=O)N2CCCC3(CCOCC3)C2)cc1[N+](=O)[O-]. The van der Waals surface area contributed by atoms with Crippen molar-refractivity contribution in [2.45, 2.75) is 39.0 Å². The van der Waals surface area contributed by atoms with E-state index in [2.05, 4.69) is 0 Å². The fourth-order valence-electron chi connectivity index (χ4n) is 3.94. The summed E-state index contributed by atoms with van der Waals surface area (Å²) in [6.07, 6.45) is 4.69. The lowest BCUT2D eigenvalue weighted by Crippen LogP contribution is -2.48. The first-order chi connectivity index (χ1) is 11.5. The van der Waals surface area contributed by atoms with Crippen LogP contribution in [0.2, 0.25) is 0 Å². The van der Waals surface area contributed by atoms with Gasteiger partial charge in [0.15, 0.2) is 0 Å². The number of carbonyl (C=O) groups is 1. The second-order valence-corrected chi connectivity index (χ2v) is 6.90. The van der Waals surface area contributed by atoms with E-state index in [1.54, 1.807) is 12.1 Å². The Hall–Kier alpha value is -1.95. The molecule has 0 aromatic heterocycles. The van der Waals surface area contributed by atoms with E-state index >= 15 is 0 Å². The first kappa shape index (κ1) is 16.9. The highest BCUT2D eigenvalue weighted by molar-refractivity contribution is 5.95. The highest BCUT2D eigenvalue weighted by Crippen LogP contribution is 2.39. The molecule has 2 aliphatic heterocycles. The van der Waals surface area contributed by atoms with Crippen LogP contribution in [0.3, 0.4) is 0 Å². The zero-order chi connectivity index (χ0) is 17.2. The van der Waals surface area contributed by atoms with Crippen molar-refractivity contribution >= 4 is 11.6 Å². The number of piperidine rings is 1. The van der Waals surface area contributed by atoms with Crippen LogP contribution in [0.4, 0.5) is 5.69 Å². The van der Waals surface area contributed by atoms with Crippen molar-refractivity contribution in [2.75, 3.05) is 26.3 Å². The number of nitrogens with zero attached hydrogens (tertiary/aromatic N) is 2. The van der Waals surface area contributed by atoms with Gasteiger partial charge in [-0.15, -0.1) is 0 Å². The topological polar surface area (TPSA) is 72.7 Å². The van der Waals surface area contributed by atoms with Crippen molar-refractivity contribution in [1.29, 1.82) is 0 Å². The molecular weight excluding hydrogens is 308 g/mol. The molecule has 2 heterocycles. The van der Waals surface area contributed by atoms with Crippen molar-refractivity contribution in [3.05, 3.63) is 39.4 Å². The molecule has 0 N–H and O–H groups in total. The van der Waals surface area contributed by atoms with Crippen LogP contribution in [0, 0.1) is 15.5 Å². The summed E-state index contributed by atoms with van der Waals surface area (Å²) in [4.78, 5) is 25.6. The number of aryl methyl sites for hydroxylation is 1. The summed E-state index contributed by atoms with van der Waals surface area (Å²) >= 11 is 0. The molecule has 0 radical (unpaired) electrons. The second kappa shape index (κ2) is 6.89. The summed E-state index contributed by atoms with van der Waals surface area (Å²) in [5.41, 5.74) is 1.29. The van der Waals surface area contributed by atoms with Crippen LogP contribution in [0.5, 0.6) is 0 Å². The smallest absolute Gasteiger partial charge is 0.273 e. The van der Waals surface area contributed by atoms with E-state index in [1.165, 1.54) is 6.07 Å². The molecule has 2 aliphatic rings. The van der Waals surface area contributed by atoms with Gasteiger partial charge in [0.25, 0.3) is 11.6 Å². The fourth-order valence-corrected chi connectivity index (χ4v) is 3.94. The van der Waals surface area contributed by atoms with Gasteiger partial charge in [0.05, 0.1) is 4.92 Å². The number of rotatable bonds is 3. The standard InChI is InChI=1S/C18H24N2O4/c1-2-14-4-5-15(12-16(14)20(22)23)17(21)19-9-3-6-18(13-19)7-10-24-11-8-18/h4-5,12H,2-3,6-11,13H2,1H3. The summed E-state index contributed by atoms with van der Waals surface area (Å²) in [6.45, 7) is 4.87. The molecule has 6 nitrogen and oxygen atoms in total. The van der Waals surface area contributed by atoms with E-state index in [0.29, 0.717) is 17.5 Å². The number of ether oxygens (including phenoxy) is 1. The van der Waals surface area contributed by atoms with Gasteiger partial charge in [-0.05, 0) is 43.6 Å². The third-order valence-corrected chi connectivity index (χ3v) is 5.41. The van der Waals surface area contributed by atoms with E-state index in [9.17, 15) is 14.9 Å². The average Bonchev–Trinajstić information content (AvgIpc) is 2.61. The summed E-state index contributed by atoms with van der Waals surface area (Å²) in [6, 6.07) is 4.87. The zero-order valence-corrected chi connectivity index (χ0v) is 14.1. The minimum Gasteiger partial charge on any atom is -0.381 e. The van der Waals surface area contributed by atoms with Gasteiger partial charge >= 0.3 is 0 Å². The Morgan fingerprint density at radius 3 is 2.75 bits per heavy atom. The number of carbonyl (C=O) groups excluding carboxylic acids is 1. The van der Waals surface area contributed by atoms with Crippen LogP contribution >= 0.6 is 0 Å². The molecule has 1 amide bonds. The molecule has 24 heavy (non-hydrogen) atoms. The van der Waals surface area contributed by atoms with Gasteiger partial charge in [-0.3, -0.25) is 14.9 Å². The number of amides is 1. The van der Waals surface area contributed by atoms with Crippen molar-refractivity contribution in [1.82, 2.24) is 4.90 Å². The van der Waals surface area contributed by atoms with Crippen molar-refractivity contribution in [2.24, 2.45) is 5.41 Å². The minimum atomic E-state index is -0.397. The van der Waals surface area contributed by atoms with Crippen molar-refractivity contribution < 1.29 is 14.5 Å². The maximum Gasteiger partial charge on any atom is 0.273 e. The van der Waals surface area contributed by atoms with Crippen LogP contribution in [-0.2, 0) is 11.2 Å². The van der Waals surface area contributed by atoms with Crippen LogP contribution in [-0.4, -0.2) is 42.0 Å². The largest absolute Gasteiger partial charge is 0.381 e. The number of nitro benzene ring substituents is 1. The van der Waals surface area contributed by atoms with Gasteiger partial charge in [0, 0.05) is 43.5 Å². The lowest BCUT2D eigenvalue weighted by atomic mass is 9.74. The molecule has 0 bridgehead atoms. The van der Waals surface area contributed by atoms with Crippen LogP contribution in [0.15, 0.2) is 18.2 Å². The van der Waals surface area contributed by atoms with E-state index < -0.39 is 4.92 Å². The Morgan fingerprint density at radius 2 is 2.08 bits per heavy atom. The first-order valence-corrected chi connectivity index (χ1v) is 8.69. The number of likely N-dealkylation sites (tertiary alicyclic amines) is 1. The highest BCUT2D eigenvalue weighted by atomic mass is 16.6. The van der Waals surface area contributed by atoms with E-state index in [4.69, 9.17) is 4.74 Å². The molecule has 0 unspecified atom stereocenters. The lowest BCUT2D eigenvalue weighted by Gasteiger charge is -2.45. The van der Waals surface area contributed by atoms with Gasteiger partial charge < -0.3 is 9.64 Å². The molecule has 2 saturated heterocycles. The third kappa shape index (κ3) is 3.29. The predicted molar refractivity (Wildman–Crippen MR) is 90.1 cm³/mol. The van der Waals surface area contributed by atoms with Gasteiger partial charge in [0.2, 0.25) is 0 Å². The molecule has 6 heteroatoms. The number of benzene rings is 1. The molecule has 1 spiro atoms. The highest BCUT2D eigenvalue weighted by Gasteiger charge is 2.38. The Bertz CT molecular complexity index is 632. The summed E-state index contributed by atoms with van der Waals surface area (Å²) in [5, 5.41) is 11.2. The molecule has 0 saturated carbocycles. The van der Waals surface area contributed by atoms with Crippen LogP contribution < -0.4 is 0 Å². The van der Waals surface area contributed by atoms with Gasteiger partial charge in [0.1, 0.15) is 0 Å². The molecule has 1 aromatic carbocycles. The summed E-state index contributed by atoms with van der Waals surface area (Å²) in [5.74, 6) is -0.0914. The number of hydrogen-bond acceptors (Lipinski definition) is 4. The van der Waals surface area contributed by atoms with Gasteiger partial charge in [-0.25, -0.2) is 0 Å². The van der Waals surface area contributed by atoms with Crippen molar-refractivity contribution in [3.8, 4) is 0 Å². The third-order valence-electron chi connectivity index (χ3n) is 5.41. The van der Waals surface area contributed by atoms with Gasteiger partial charge in [-0.1, -0.05) is 13.0 Å². The van der Waals surface area contributed by atoms with Crippen LogP contribution in [0.25, 0.3) is 0 Å². The average molecular weight is 332 g/mol. The zero-order valence-electron chi connectivity index (χ0n) is 14.1. The van der Waals surface area contributed by atoms with E-state index in [-0.39, 0.29) is 17.0 Å². The van der Waals surface area contributed by atoms with E-state index in [0.717, 1.165) is 52.0 Å². The summed E-state index contributed by atoms with van der Waals surface area (Å²) < 4.78 is 5.47. The Labute approximate surface area is 141 Å². The molecule has 2 fully saturated rings. The number of nitro groups is 1. The molecule has 0 aliphatic carbocycles. The van der Waals surface area contributed by atoms with Crippen LogP contribution in [0.1, 0.15) is 48.5 Å². The van der Waals surface area contributed by atoms with E-state index in [1.807, 2.05) is 11.8 Å². The molecular formula is C18H24N2O4. The Morgan fingerprint density at radius 1 is 1.33 bits per heavy atom. The maximum atomic E-state index is 12.9. The van der Waals surface area contributed by atoms with Crippen molar-refractivity contribution in [3.63, 3.8) is 0 Å². The quantitative estimate of drug-likeness (QED) is 0.629. The number of hydrogen-bond donors (Lipinski definition) is 0. The Kier molecular flexibility index (Phi) is 4.85. The molecule has 3 rings (SSSR count). The van der Waals surface area contributed by atoms with Gasteiger partial charge in [-0.2, -0.15) is 0 Å². The normalized spacial score (nSPS) is 20.1. The predicted octanol–water partition coefficient (Wildman–Crippen LogP) is 3.19. The molecule has 0 atom stereocenters. The second-order valence-electron chi connectivity index (χ2n) is 6.90. The lowest BCUT2D eigenvalue weighted by molar-refractivity contribution is -0.385. The minimum absolute atomic E-state index is 0.0427. The Balaban J connectivity index is 1.81. The summed E-state index contributed by atoms with van der Waals surface area (Å²) in [7, 11) is 0. The molecule has 1 aromatic rings. The molecule has 130 valence electrons. The monoisotopic (exact) mass is 332 g/mol.